The molecule has 0 amide bonds. The lowest BCUT2D eigenvalue weighted by Gasteiger charge is -2.11. The van der Waals surface area contributed by atoms with E-state index < -0.39 is 5.97 Å². The van der Waals surface area contributed by atoms with Gasteiger partial charge < -0.3 is 14.3 Å². The maximum Gasteiger partial charge on any atom is 0.368 e. The van der Waals surface area contributed by atoms with Gasteiger partial charge in [0.15, 0.2) is 0 Å². The van der Waals surface area contributed by atoms with Gasteiger partial charge in [0.05, 0.1) is 12.7 Å². The van der Waals surface area contributed by atoms with Gasteiger partial charge in [0.1, 0.15) is 23.8 Å². The van der Waals surface area contributed by atoms with E-state index in [2.05, 4.69) is 5.16 Å². The smallest absolute Gasteiger partial charge is 0.368 e. The van der Waals surface area contributed by atoms with Crippen molar-refractivity contribution in [2.24, 2.45) is 5.16 Å². The van der Waals surface area contributed by atoms with Crippen LogP contribution in [0.25, 0.3) is 6.08 Å². The first-order chi connectivity index (χ1) is 14.2. The minimum Gasteiger partial charge on any atom is -0.496 e. The predicted octanol–water partition coefficient (Wildman–Crippen LogP) is 4.62. The van der Waals surface area contributed by atoms with E-state index in [4.69, 9.17) is 14.3 Å². The lowest BCUT2D eigenvalue weighted by atomic mass is 10.00. The molecular formula is C24H19NO4. The fraction of sp³-hybridized carbons (Fsp3) is 0.0833. The van der Waals surface area contributed by atoms with Crippen molar-refractivity contribution in [2.75, 3.05) is 7.11 Å². The highest BCUT2D eigenvalue weighted by Crippen LogP contribution is 2.26. The van der Waals surface area contributed by atoms with Crippen LogP contribution in [0.5, 0.6) is 11.5 Å². The van der Waals surface area contributed by atoms with E-state index in [1.807, 2.05) is 78.9 Å². The van der Waals surface area contributed by atoms with Crippen molar-refractivity contribution in [2.45, 2.75) is 6.61 Å². The maximum atomic E-state index is 12.2. The van der Waals surface area contributed by atoms with Crippen molar-refractivity contribution in [1.82, 2.24) is 0 Å². The van der Waals surface area contributed by atoms with E-state index in [-0.39, 0.29) is 0 Å². The lowest BCUT2D eigenvalue weighted by Crippen LogP contribution is -2.07. The molecule has 0 saturated carbocycles. The molecule has 0 radical (unpaired) electrons. The van der Waals surface area contributed by atoms with Gasteiger partial charge in [-0.25, -0.2) is 4.79 Å². The number of carbonyl (C=O) groups excluding carboxylic acids is 1. The Kier molecular flexibility index (Phi) is 5.38. The molecule has 144 valence electrons. The number of ether oxygens (including phenoxy) is 2. The monoisotopic (exact) mass is 385 g/mol. The first-order valence-electron chi connectivity index (χ1n) is 9.16. The summed E-state index contributed by atoms with van der Waals surface area (Å²) in [6.45, 7) is 0.342. The van der Waals surface area contributed by atoms with Gasteiger partial charge in [-0.05, 0) is 35.9 Å². The third-order valence-corrected chi connectivity index (χ3v) is 4.50. The number of para-hydroxylation sites is 1. The quantitative estimate of drug-likeness (QED) is 0.459. The third kappa shape index (κ3) is 4.19. The summed E-state index contributed by atoms with van der Waals surface area (Å²) in [7, 11) is 1.62. The summed E-state index contributed by atoms with van der Waals surface area (Å²) in [5, 5.41) is 3.95. The number of hydrogen-bond donors (Lipinski definition) is 0. The van der Waals surface area contributed by atoms with Crippen LogP contribution < -0.4 is 9.47 Å². The average molecular weight is 385 g/mol. The second-order valence-electron chi connectivity index (χ2n) is 6.42. The Morgan fingerprint density at radius 3 is 2.41 bits per heavy atom. The zero-order chi connectivity index (χ0) is 20.1. The number of nitrogens with zero attached hydrogens (tertiary/aromatic N) is 1. The highest BCUT2D eigenvalue weighted by Gasteiger charge is 2.26. The van der Waals surface area contributed by atoms with Gasteiger partial charge in [0.2, 0.25) is 0 Å². The fourth-order valence-corrected chi connectivity index (χ4v) is 3.06. The van der Waals surface area contributed by atoms with Gasteiger partial charge in [0, 0.05) is 11.1 Å². The van der Waals surface area contributed by atoms with Crippen LogP contribution >= 0.6 is 0 Å². The molecule has 0 atom stereocenters. The Balaban J connectivity index is 1.62. The molecule has 0 fully saturated rings. The second-order valence-corrected chi connectivity index (χ2v) is 6.42. The van der Waals surface area contributed by atoms with Gasteiger partial charge in [-0.15, -0.1) is 0 Å². The van der Waals surface area contributed by atoms with Crippen molar-refractivity contribution in [3.8, 4) is 11.5 Å². The predicted molar refractivity (Wildman–Crippen MR) is 111 cm³/mol. The van der Waals surface area contributed by atoms with Gasteiger partial charge in [-0.1, -0.05) is 59.8 Å². The SMILES string of the molecule is COc1ccc(/C=C2/C(=O)ON=C2c2ccccc2)cc1COc1ccccc1. The maximum absolute atomic E-state index is 12.2. The first-order valence-corrected chi connectivity index (χ1v) is 9.16. The molecule has 29 heavy (non-hydrogen) atoms. The number of carbonyl (C=O) groups is 1. The molecular weight excluding hydrogens is 366 g/mol. The van der Waals surface area contributed by atoms with Crippen molar-refractivity contribution < 1.29 is 19.1 Å². The molecule has 5 heteroatoms. The van der Waals surface area contributed by atoms with Crippen LogP contribution in [0.1, 0.15) is 16.7 Å². The van der Waals surface area contributed by atoms with Gasteiger partial charge >= 0.3 is 5.97 Å². The molecule has 4 rings (SSSR count). The van der Waals surface area contributed by atoms with Crippen molar-refractivity contribution in [3.63, 3.8) is 0 Å². The molecule has 1 aliphatic heterocycles. The van der Waals surface area contributed by atoms with Gasteiger partial charge in [-0.3, -0.25) is 0 Å². The highest BCUT2D eigenvalue weighted by atomic mass is 16.7. The summed E-state index contributed by atoms with van der Waals surface area (Å²) in [6.07, 6.45) is 1.77. The van der Waals surface area contributed by atoms with E-state index in [0.717, 1.165) is 22.4 Å². The average Bonchev–Trinajstić information content (AvgIpc) is 3.14. The van der Waals surface area contributed by atoms with Crippen LogP contribution in [-0.4, -0.2) is 18.8 Å². The Bertz CT molecular complexity index is 1070. The van der Waals surface area contributed by atoms with Crippen LogP contribution in [0.4, 0.5) is 0 Å². The molecule has 3 aromatic carbocycles. The van der Waals surface area contributed by atoms with Crippen LogP contribution in [0.15, 0.2) is 89.6 Å². The molecule has 0 spiro atoms. The molecule has 3 aromatic rings. The van der Waals surface area contributed by atoms with Gasteiger partial charge in [0.25, 0.3) is 0 Å². The highest BCUT2D eigenvalue weighted by molar-refractivity contribution is 6.31. The zero-order valence-corrected chi connectivity index (χ0v) is 15.9. The minimum atomic E-state index is -0.471. The number of hydrogen-bond acceptors (Lipinski definition) is 5. The summed E-state index contributed by atoms with van der Waals surface area (Å²) in [5.74, 6) is 1.02. The van der Waals surface area contributed by atoms with E-state index in [1.165, 1.54) is 0 Å². The summed E-state index contributed by atoms with van der Waals surface area (Å²) >= 11 is 0. The molecule has 0 bridgehead atoms. The fourth-order valence-electron chi connectivity index (χ4n) is 3.06. The van der Waals surface area contributed by atoms with Gasteiger partial charge in [-0.2, -0.15) is 0 Å². The first kappa shape index (κ1) is 18.5. The Morgan fingerprint density at radius 1 is 0.966 bits per heavy atom. The van der Waals surface area contributed by atoms with E-state index in [9.17, 15) is 4.79 Å². The van der Waals surface area contributed by atoms with Crippen LogP contribution in [0, 0.1) is 0 Å². The Hall–Kier alpha value is -3.86. The van der Waals surface area contributed by atoms with Crippen molar-refractivity contribution in [3.05, 3.63) is 101 Å². The van der Waals surface area contributed by atoms with Crippen LogP contribution in [0.3, 0.4) is 0 Å². The molecule has 0 unspecified atom stereocenters. The number of oxime groups is 1. The zero-order valence-electron chi connectivity index (χ0n) is 15.9. The summed E-state index contributed by atoms with van der Waals surface area (Å²) < 4.78 is 11.3. The van der Waals surface area contributed by atoms with E-state index >= 15 is 0 Å². The molecule has 1 aliphatic rings. The molecule has 0 aromatic heterocycles. The third-order valence-electron chi connectivity index (χ3n) is 4.50. The number of methoxy groups -OCH3 is 1. The lowest BCUT2D eigenvalue weighted by molar-refractivity contribution is -0.136. The molecule has 1 heterocycles. The summed E-state index contributed by atoms with van der Waals surface area (Å²) in [4.78, 5) is 17.1. The van der Waals surface area contributed by atoms with E-state index in [0.29, 0.717) is 23.6 Å². The standard InChI is InChI=1S/C24H19NO4/c1-27-22-13-12-17(14-19(22)16-28-20-10-6-3-7-11-20)15-21-23(25-29-24(21)26)18-8-4-2-5-9-18/h2-15H,16H2,1H3/b21-15+. The normalized spacial score (nSPS) is 14.4. The summed E-state index contributed by atoms with van der Waals surface area (Å²) in [5.41, 5.74) is 3.46. The van der Waals surface area contributed by atoms with E-state index in [1.54, 1.807) is 13.2 Å². The van der Waals surface area contributed by atoms with Crippen molar-refractivity contribution >= 4 is 17.8 Å². The minimum absolute atomic E-state index is 0.342. The number of benzene rings is 3. The Labute approximate surface area is 168 Å². The van der Waals surface area contributed by atoms with Crippen LogP contribution in [-0.2, 0) is 16.2 Å². The molecule has 0 N–H and O–H groups in total. The molecule has 5 nitrogen and oxygen atoms in total. The molecule has 0 saturated heterocycles. The molecule has 0 aliphatic carbocycles. The Morgan fingerprint density at radius 2 is 1.69 bits per heavy atom. The number of rotatable bonds is 6. The second kappa shape index (κ2) is 8.44. The summed E-state index contributed by atoms with van der Waals surface area (Å²) in [6, 6.07) is 24.7. The topological polar surface area (TPSA) is 57.1 Å². The van der Waals surface area contributed by atoms with Crippen molar-refractivity contribution in [1.29, 1.82) is 0 Å². The largest absolute Gasteiger partial charge is 0.496 e. The van der Waals surface area contributed by atoms with Crippen LogP contribution in [0.2, 0.25) is 0 Å².